The number of nitrogens with one attached hydrogen (secondary N) is 2. The molecule has 2 N–H and O–H groups in total. The van der Waals surface area contributed by atoms with E-state index in [4.69, 9.17) is 0 Å². The van der Waals surface area contributed by atoms with Crippen LogP contribution in [-0.4, -0.2) is 22.2 Å². The first-order valence-electron chi connectivity index (χ1n) is 9.74. The topological polar surface area (TPSA) is 58.2 Å². The van der Waals surface area contributed by atoms with Crippen LogP contribution < -0.4 is 10.6 Å². The monoisotopic (exact) mass is 418 g/mol. The highest BCUT2D eigenvalue weighted by atomic mass is 35.5. The molecule has 2 heterocycles. The molecule has 0 radical (unpaired) electrons. The van der Waals surface area contributed by atoms with Gasteiger partial charge in [0.2, 0.25) is 5.91 Å². The Bertz CT molecular complexity index is 818. The van der Waals surface area contributed by atoms with Crippen molar-refractivity contribution in [3.8, 4) is 0 Å². The highest BCUT2D eigenvalue weighted by Gasteiger charge is 2.34. The molecule has 150 valence electrons. The average molecular weight is 419 g/mol. The Morgan fingerprint density at radius 3 is 2.46 bits per heavy atom. The van der Waals surface area contributed by atoms with Gasteiger partial charge in [-0.2, -0.15) is 0 Å². The fourth-order valence-electron chi connectivity index (χ4n) is 4.36. The number of anilines is 1. The van der Waals surface area contributed by atoms with Gasteiger partial charge >= 0.3 is 0 Å². The first-order chi connectivity index (χ1) is 13.2. The number of benzene rings is 2. The average Bonchev–Trinajstić information content (AvgIpc) is 3.01. The lowest BCUT2D eigenvalue weighted by atomic mass is 9.89. The van der Waals surface area contributed by atoms with Gasteiger partial charge in [0, 0.05) is 29.1 Å². The Kier molecular flexibility index (Phi) is 7.27. The van der Waals surface area contributed by atoms with Gasteiger partial charge in [-0.3, -0.25) is 9.00 Å². The Hall–Kier alpha value is -1.69. The van der Waals surface area contributed by atoms with Gasteiger partial charge in [-0.15, -0.1) is 12.4 Å². The summed E-state index contributed by atoms with van der Waals surface area (Å²) in [7, 11) is -1.08. The maximum atomic E-state index is 12.5. The van der Waals surface area contributed by atoms with Gasteiger partial charge in [0.15, 0.2) is 0 Å². The summed E-state index contributed by atoms with van der Waals surface area (Å²) in [6.45, 7) is 0. The third kappa shape index (κ3) is 5.43. The minimum Gasteiger partial charge on any atom is -0.326 e. The van der Waals surface area contributed by atoms with Crippen molar-refractivity contribution in [2.24, 2.45) is 5.92 Å². The number of amides is 1. The molecule has 6 heteroatoms. The fourth-order valence-corrected chi connectivity index (χ4v) is 5.47. The summed E-state index contributed by atoms with van der Waals surface area (Å²) < 4.78 is 12.5. The number of carbonyl (C=O) groups excluding carboxylic acids is 1. The molecule has 0 saturated carbocycles. The Labute approximate surface area is 175 Å². The molecule has 28 heavy (non-hydrogen) atoms. The van der Waals surface area contributed by atoms with Gasteiger partial charge in [0.1, 0.15) is 0 Å². The van der Waals surface area contributed by atoms with E-state index in [2.05, 4.69) is 10.6 Å². The third-order valence-corrected chi connectivity index (χ3v) is 6.95. The molecule has 2 aliphatic rings. The molecule has 3 atom stereocenters. The molecule has 4 rings (SSSR count). The number of fused-ring (bicyclic) bond motifs is 2. The van der Waals surface area contributed by atoms with Crippen molar-refractivity contribution in [2.75, 3.05) is 5.32 Å². The van der Waals surface area contributed by atoms with Crippen molar-refractivity contribution in [3.05, 3.63) is 60.2 Å². The van der Waals surface area contributed by atoms with E-state index in [0.717, 1.165) is 29.0 Å². The van der Waals surface area contributed by atoms with Crippen LogP contribution in [-0.2, 0) is 21.3 Å². The minimum absolute atomic E-state index is 0. The molecule has 3 unspecified atom stereocenters. The molecule has 2 fully saturated rings. The van der Waals surface area contributed by atoms with Crippen LogP contribution in [0.2, 0.25) is 0 Å². The standard InChI is InChI=1S/C22H26N2O2S.ClH/c25-22(14-17-12-19-9-10-20(13-17)23-19)24-18-6-4-5-16(11-18)15-27(26)21-7-2-1-3-8-21;/h1-8,11,17,19-20,23H,9-10,12-15H2,(H,24,25);1H. The Morgan fingerprint density at radius 1 is 1.04 bits per heavy atom. The molecular weight excluding hydrogens is 392 g/mol. The van der Waals surface area contributed by atoms with E-state index in [9.17, 15) is 9.00 Å². The number of piperidine rings is 1. The molecule has 2 aromatic carbocycles. The Balaban J connectivity index is 0.00000225. The van der Waals surface area contributed by atoms with Gasteiger partial charge in [0.05, 0.1) is 16.6 Å². The van der Waals surface area contributed by atoms with E-state index < -0.39 is 10.8 Å². The summed E-state index contributed by atoms with van der Waals surface area (Å²) in [6, 6.07) is 18.4. The van der Waals surface area contributed by atoms with E-state index in [0.29, 0.717) is 30.2 Å². The van der Waals surface area contributed by atoms with Crippen molar-refractivity contribution < 1.29 is 9.00 Å². The normalized spacial score (nSPS) is 24.2. The van der Waals surface area contributed by atoms with E-state index >= 15 is 0 Å². The van der Waals surface area contributed by atoms with Crippen molar-refractivity contribution in [2.45, 2.75) is 54.8 Å². The highest BCUT2D eigenvalue weighted by molar-refractivity contribution is 7.84. The first-order valence-corrected chi connectivity index (χ1v) is 11.1. The summed E-state index contributed by atoms with van der Waals surface area (Å²) in [5.41, 5.74) is 1.76. The van der Waals surface area contributed by atoms with Crippen LogP contribution in [0, 0.1) is 5.92 Å². The maximum Gasteiger partial charge on any atom is 0.224 e. The molecule has 0 aromatic heterocycles. The smallest absolute Gasteiger partial charge is 0.224 e. The molecule has 4 nitrogen and oxygen atoms in total. The van der Waals surface area contributed by atoms with Gasteiger partial charge in [-0.1, -0.05) is 30.3 Å². The second-order valence-corrected chi connectivity index (χ2v) is 9.18. The summed E-state index contributed by atoms with van der Waals surface area (Å²) in [6.07, 6.45) is 5.32. The number of hydrogen-bond acceptors (Lipinski definition) is 3. The van der Waals surface area contributed by atoms with Gasteiger partial charge in [-0.25, -0.2) is 0 Å². The maximum absolute atomic E-state index is 12.5. The van der Waals surface area contributed by atoms with Crippen molar-refractivity contribution >= 4 is 34.8 Å². The molecular formula is C22H27ClN2O2S. The van der Waals surface area contributed by atoms with Crippen LogP contribution >= 0.6 is 12.4 Å². The Morgan fingerprint density at radius 2 is 1.75 bits per heavy atom. The summed E-state index contributed by atoms with van der Waals surface area (Å²) >= 11 is 0. The summed E-state index contributed by atoms with van der Waals surface area (Å²) in [5.74, 6) is 1.02. The lowest BCUT2D eigenvalue weighted by Crippen LogP contribution is -2.39. The summed E-state index contributed by atoms with van der Waals surface area (Å²) in [5, 5.41) is 6.66. The quantitative estimate of drug-likeness (QED) is 0.736. The molecule has 2 aliphatic heterocycles. The second kappa shape index (κ2) is 9.68. The van der Waals surface area contributed by atoms with E-state index in [1.807, 2.05) is 54.6 Å². The number of carbonyl (C=O) groups is 1. The third-order valence-electron chi connectivity index (χ3n) is 5.56. The van der Waals surface area contributed by atoms with Crippen LogP contribution in [0.5, 0.6) is 0 Å². The number of rotatable bonds is 6. The SMILES string of the molecule is Cl.O=C(CC1CC2CCC(C1)N2)Nc1cccc(CS(=O)c2ccccc2)c1. The predicted molar refractivity (Wildman–Crippen MR) is 116 cm³/mol. The molecule has 2 aromatic rings. The first kappa shape index (κ1) is 21.0. The lowest BCUT2D eigenvalue weighted by molar-refractivity contribution is -0.117. The number of hydrogen-bond donors (Lipinski definition) is 2. The van der Waals surface area contributed by atoms with Gasteiger partial charge < -0.3 is 10.6 Å². The van der Waals surface area contributed by atoms with E-state index in [-0.39, 0.29) is 18.3 Å². The molecule has 2 saturated heterocycles. The second-order valence-electron chi connectivity index (χ2n) is 7.73. The molecule has 1 amide bonds. The largest absolute Gasteiger partial charge is 0.326 e. The molecule has 0 aliphatic carbocycles. The fraction of sp³-hybridized carbons (Fsp3) is 0.409. The van der Waals surface area contributed by atoms with E-state index in [1.54, 1.807) is 0 Å². The zero-order valence-corrected chi connectivity index (χ0v) is 17.4. The van der Waals surface area contributed by atoms with Crippen molar-refractivity contribution in [1.29, 1.82) is 0 Å². The van der Waals surface area contributed by atoms with Gasteiger partial charge in [-0.05, 0) is 61.4 Å². The van der Waals surface area contributed by atoms with Crippen LogP contribution in [0.3, 0.4) is 0 Å². The zero-order chi connectivity index (χ0) is 18.6. The van der Waals surface area contributed by atoms with Gasteiger partial charge in [0.25, 0.3) is 0 Å². The van der Waals surface area contributed by atoms with Crippen molar-refractivity contribution in [3.63, 3.8) is 0 Å². The van der Waals surface area contributed by atoms with Crippen LogP contribution in [0.25, 0.3) is 0 Å². The molecule has 2 bridgehead atoms. The minimum atomic E-state index is -1.08. The zero-order valence-electron chi connectivity index (χ0n) is 15.8. The highest BCUT2D eigenvalue weighted by Crippen LogP contribution is 2.32. The molecule has 0 spiro atoms. The van der Waals surface area contributed by atoms with E-state index in [1.165, 1.54) is 12.8 Å². The van der Waals surface area contributed by atoms with Crippen molar-refractivity contribution in [1.82, 2.24) is 5.32 Å². The predicted octanol–water partition coefficient (Wildman–Crippen LogP) is 4.28. The lowest BCUT2D eigenvalue weighted by Gasteiger charge is -2.28. The van der Waals surface area contributed by atoms with Crippen LogP contribution in [0.15, 0.2) is 59.5 Å². The number of halogens is 1. The van der Waals surface area contributed by atoms with Crippen LogP contribution in [0.1, 0.15) is 37.7 Å². The van der Waals surface area contributed by atoms with Crippen LogP contribution in [0.4, 0.5) is 5.69 Å². The summed E-state index contributed by atoms with van der Waals surface area (Å²) in [4.78, 5) is 13.3.